The van der Waals surface area contributed by atoms with Gasteiger partial charge in [0.2, 0.25) is 5.91 Å². The molecule has 1 amide bonds. The lowest BCUT2D eigenvalue weighted by Crippen LogP contribution is -2.13. The summed E-state index contributed by atoms with van der Waals surface area (Å²) >= 11 is 2.43. The van der Waals surface area contributed by atoms with Crippen molar-refractivity contribution in [1.82, 2.24) is 4.98 Å². The largest absolute Gasteiger partial charge is 0.462 e. The molecule has 0 spiro atoms. The third kappa shape index (κ3) is 4.21. The lowest BCUT2D eigenvalue weighted by Gasteiger charge is -2.00. The fourth-order valence-corrected chi connectivity index (χ4v) is 3.78. The summed E-state index contributed by atoms with van der Waals surface area (Å²) in [4.78, 5) is 28.7. The first kappa shape index (κ1) is 17.5. The first-order chi connectivity index (χ1) is 12.1. The quantitative estimate of drug-likeness (QED) is 0.515. The van der Waals surface area contributed by atoms with E-state index in [0.717, 1.165) is 11.1 Å². The number of hydrogen-bond donors (Lipinski definition) is 1. The third-order valence-electron chi connectivity index (χ3n) is 3.24. The van der Waals surface area contributed by atoms with Crippen molar-refractivity contribution in [1.29, 1.82) is 0 Å². The van der Waals surface area contributed by atoms with E-state index < -0.39 is 0 Å². The van der Waals surface area contributed by atoms with Crippen LogP contribution in [0.3, 0.4) is 0 Å². The first-order valence-corrected chi connectivity index (χ1v) is 9.43. The average molecular weight is 376 g/mol. The van der Waals surface area contributed by atoms with Gasteiger partial charge in [-0.05, 0) is 37.6 Å². The monoisotopic (exact) mass is 376 g/mol. The normalized spacial score (nSPS) is 10.8. The average Bonchev–Trinajstić information content (AvgIpc) is 3.16. The molecule has 6 nitrogen and oxygen atoms in total. The second kappa shape index (κ2) is 7.71. The smallest absolute Gasteiger partial charge is 0.348 e. The van der Waals surface area contributed by atoms with Crippen LogP contribution in [0, 0.1) is 6.92 Å². The number of thiophene rings is 1. The Morgan fingerprint density at radius 1 is 1.36 bits per heavy atom. The molecule has 0 atom stereocenters. The maximum atomic E-state index is 12.1. The predicted octanol–water partition coefficient (Wildman–Crippen LogP) is 4.11. The number of rotatable bonds is 6. The van der Waals surface area contributed by atoms with Gasteiger partial charge in [0.15, 0.2) is 5.58 Å². The number of para-hydroxylation sites is 2. The highest BCUT2D eigenvalue weighted by molar-refractivity contribution is 7.99. The summed E-state index contributed by atoms with van der Waals surface area (Å²) in [6.07, 6.45) is 0. The van der Waals surface area contributed by atoms with E-state index in [-0.39, 0.29) is 17.6 Å². The summed E-state index contributed by atoms with van der Waals surface area (Å²) in [7, 11) is 0. The molecule has 3 rings (SSSR count). The Balaban J connectivity index is 1.59. The van der Waals surface area contributed by atoms with Crippen LogP contribution in [0.15, 0.2) is 40.0 Å². The SMILES string of the molecule is CCOC(=O)c1sc(NC(=O)CSc2nc3ccccc3o2)cc1C. The first-order valence-electron chi connectivity index (χ1n) is 7.62. The van der Waals surface area contributed by atoms with Crippen molar-refractivity contribution in [3.05, 3.63) is 40.8 Å². The molecule has 2 heterocycles. The fourth-order valence-electron chi connectivity index (χ4n) is 2.16. The van der Waals surface area contributed by atoms with Crippen molar-refractivity contribution in [3.8, 4) is 0 Å². The van der Waals surface area contributed by atoms with Crippen molar-refractivity contribution >= 4 is 51.1 Å². The summed E-state index contributed by atoms with van der Waals surface area (Å²) in [6, 6.07) is 9.20. The number of carbonyl (C=O) groups excluding carboxylic acids is 2. The second-order valence-corrected chi connectivity index (χ2v) is 7.11. The second-order valence-electron chi connectivity index (χ2n) is 5.13. The van der Waals surface area contributed by atoms with Gasteiger partial charge in [-0.15, -0.1) is 11.3 Å². The van der Waals surface area contributed by atoms with Crippen LogP contribution in [0.4, 0.5) is 5.00 Å². The highest BCUT2D eigenvalue weighted by Crippen LogP contribution is 2.28. The maximum absolute atomic E-state index is 12.1. The molecule has 0 saturated carbocycles. The zero-order chi connectivity index (χ0) is 17.8. The Kier molecular flexibility index (Phi) is 5.40. The molecule has 0 aliphatic carbocycles. The number of benzene rings is 1. The highest BCUT2D eigenvalue weighted by Gasteiger charge is 2.16. The van der Waals surface area contributed by atoms with Crippen LogP contribution in [0.5, 0.6) is 0 Å². The molecule has 1 aromatic carbocycles. The molecule has 0 fully saturated rings. The number of carbonyl (C=O) groups is 2. The molecule has 3 aromatic rings. The molecular formula is C17H16N2O4S2. The summed E-state index contributed by atoms with van der Waals surface area (Å²) in [5.41, 5.74) is 2.24. The van der Waals surface area contributed by atoms with Crippen molar-refractivity contribution < 1.29 is 18.7 Å². The van der Waals surface area contributed by atoms with Crippen LogP contribution in [0.25, 0.3) is 11.1 Å². The number of esters is 1. The Hall–Kier alpha value is -2.32. The number of oxazole rings is 1. The number of nitrogens with one attached hydrogen (secondary N) is 1. The van der Waals surface area contributed by atoms with Gasteiger partial charge in [0.1, 0.15) is 10.4 Å². The minimum Gasteiger partial charge on any atom is -0.462 e. The van der Waals surface area contributed by atoms with E-state index in [9.17, 15) is 9.59 Å². The summed E-state index contributed by atoms with van der Waals surface area (Å²) in [5, 5.41) is 3.85. The number of anilines is 1. The van der Waals surface area contributed by atoms with E-state index in [1.54, 1.807) is 13.0 Å². The van der Waals surface area contributed by atoms with Crippen molar-refractivity contribution in [2.24, 2.45) is 0 Å². The van der Waals surface area contributed by atoms with Gasteiger partial charge in [-0.3, -0.25) is 4.79 Å². The van der Waals surface area contributed by atoms with E-state index in [0.29, 0.717) is 27.3 Å². The number of amides is 1. The van der Waals surface area contributed by atoms with E-state index in [2.05, 4.69) is 10.3 Å². The minimum absolute atomic E-state index is 0.165. The van der Waals surface area contributed by atoms with E-state index in [1.165, 1.54) is 23.1 Å². The standard InChI is InChI=1S/C17H16N2O4S2/c1-3-22-16(21)15-10(2)8-14(25-15)19-13(20)9-24-17-18-11-6-4-5-7-12(11)23-17/h4-8H,3,9H2,1-2H3,(H,19,20). The number of aryl methyl sites for hydroxylation is 1. The van der Waals surface area contributed by atoms with E-state index in [4.69, 9.17) is 9.15 Å². The number of ether oxygens (including phenoxy) is 1. The molecule has 0 bridgehead atoms. The summed E-state index contributed by atoms with van der Waals surface area (Å²) in [6.45, 7) is 3.89. The van der Waals surface area contributed by atoms with Crippen molar-refractivity contribution in [2.45, 2.75) is 19.1 Å². The van der Waals surface area contributed by atoms with Gasteiger partial charge in [0, 0.05) is 0 Å². The number of nitrogens with zero attached hydrogens (tertiary/aromatic N) is 1. The molecule has 130 valence electrons. The Labute approximate surface area is 152 Å². The molecule has 0 radical (unpaired) electrons. The molecule has 2 aromatic heterocycles. The van der Waals surface area contributed by atoms with Gasteiger partial charge < -0.3 is 14.5 Å². The molecule has 1 N–H and O–H groups in total. The molecular weight excluding hydrogens is 360 g/mol. The third-order valence-corrected chi connectivity index (χ3v) is 5.20. The zero-order valence-corrected chi connectivity index (χ0v) is 15.3. The Bertz CT molecular complexity index is 883. The molecule has 0 unspecified atom stereocenters. The van der Waals surface area contributed by atoms with Crippen LogP contribution < -0.4 is 5.32 Å². The highest BCUT2D eigenvalue weighted by atomic mass is 32.2. The van der Waals surface area contributed by atoms with Crippen LogP contribution in [0.2, 0.25) is 0 Å². The van der Waals surface area contributed by atoms with Gasteiger partial charge >= 0.3 is 5.97 Å². The van der Waals surface area contributed by atoms with Crippen molar-refractivity contribution in [3.63, 3.8) is 0 Å². The van der Waals surface area contributed by atoms with E-state index in [1.807, 2.05) is 31.2 Å². The topological polar surface area (TPSA) is 81.4 Å². The number of hydrogen-bond acceptors (Lipinski definition) is 7. The number of aromatic nitrogens is 1. The Morgan fingerprint density at radius 3 is 2.92 bits per heavy atom. The van der Waals surface area contributed by atoms with Gasteiger partial charge in [0.05, 0.1) is 17.4 Å². The number of fused-ring (bicyclic) bond motifs is 1. The van der Waals surface area contributed by atoms with Crippen LogP contribution in [-0.2, 0) is 9.53 Å². The fraction of sp³-hybridized carbons (Fsp3) is 0.235. The van der Waals surface area contributed by atoms with Gasteiger partial charge in [0.25, 0.3) is 5.22 Å². The minimum atomic E-state index is -0.369. The maximum Gasteiger partial charge on any atom is 0.348 e. The van der Waals surface area contributed by atoms with Crippen molar-refractivity contribution in [2.75, 3.05) is 17.7 Å². The zero-order valence-electron chi connectivity index (χ0n) is 13.7. The summed E-state index contributed by atoms with van der Waals surface area (Å²) < 4.78 is 10.6. The lowest BCUT2D eigenvalue weighted by atomic mass is 10.3. The molecule has 0 aliphatic rings. The number of thioether (sulfide) groups is 1. The van der Waals surface area contributed by atoms with Gasteiger partial charge in [-0.25, -0.2) is 9.78 Å². The lowest BCUT2D eigenvalue weighted by molar-refractivity contribution is -0.113. The van der Waals surface area contributed by atoms with Crippen LogP contribution in [0.1, 0.15) is 22.2 Å². The summed E-state index contributed by atoms with van der Waals surface area (Å²) in [5.74, 6) is -0.395. The molecule has 25 heavy (non-hydrogen) atoms. The van der Waals surface area contributed by atoms with Gasteiger partial charge in [-0.2, -0.15) is 0 Å². The van der Waals surface area contributed by atoms with Crippen LogP contribution >= 0.6 is 23.1 Å². The Morgan fingerprint density at radius 2 is 2.16 bits per heavy atom. The van der Waals surface area contributed by atoms with Gasteiger partial charge in [-0.1, -0.05) is 23.9 Å². The molecule has 0 saturated heterocycles. The molecule has 0 aliphatic heterocycles. The predicted molar refractivity (Wildman–Crippen MR) is 98.4 cm³/mol. The van der Waals surface area contributed by atoms with Crippen LogP contribution in [-0.4, -0.2) is 29.2 Å². The van der Waals surface area contributed by atoms with E-state index >= 15 is 0 Å². The molecule has 8 heteroatoms.